The molecule has 1 aromatic heterocycles. The molecule has 3 rings (SSSR count). The lowest BCUT2D eigenvalue weighted by atomic mass is 10.0. The largest absolute Gasteiger partial charge is 0.387 e. The van der Waals surface area contributed by atoms with Crippen LogP contribution in [0.15, 0.2) is 12.1 Å². The van der Waals surface area contributed by atoms with E-state index in [-0.39, 0.29) is 0 Å². The zero-order chi connectivity index (χ0) is 12.0. The molecule has 1 aliphatic carbocycles. The smallest absolute Gasteiger partial charge is 0.0915 e. The predicted octanol–water partition coefficient (Wildman–Crippen LogP) is 3.73. The van der Waals surface area contributed by atoms with Crippen LogP contribution in [-0.4, -0.2) is 12.0 Å². The lowest BCUT2D eigenvalue weighted by Gasteiger charge is -2.14. The number of benzene rings is 1. The summed E-state index contributed by atoms with van der Waals surface area (Å²) in [5, 5.41) is 5.27. The minimum atomic E-state index is 0.747. The van der Waals surface area contributed by atoms with E-state index in [0.29, 0.717) is 0 Å². The number of halogens is 1. The maximum Gasteiger partial charge on any atom is 0.0915 e. The molecule has 2 aromatic rings. The molecule has 0 radical (unpaired) electrons. The van der Waals surface area contributed by atoms with Gasteiger partial charge in [-0.1, -0.05) is 17.7 Å². The normalized spacial score (nSPS) is 14.1. The molecule has 88 valence electrons. The fourth-order valence-corrected chi connectivity index (χ4v) is 2.97. The van der Waals surface area contributed by atoms with Gasteiger partial charge in [-0.15, -0.1) is 0 Å². The van der Waals surface area contributed by atoms with Crippen LogP contribution in [0, 0.1) is 6.92 Å². The van der Waals surface area contributed by atoms with Gasteiger partial charge in [0, 0.05) is 23.8 Å². The molecule has 1 aliphatic rings. The van der Waals surface area contributed by atoms with Crippen LogP contribution in [0.2, 0.25) is 5.02 Å². The van der Waals surface area contributed by atoms with Gasteiger partial charge in [-0.3, -0.25) is 4.98 Å². The molecule has 0 bridgehead atoms. The second-order valence-corrected chi connectivity index (χ2v) is 5.01. The van der Waals surface area contributed by atoms with Crippen LogP contribution in [0.3, 0.4) is 0 Å². The van der Waals surface area contributed by atoms with Gasteiger partial charge >= 0.3 is 0 Å². The van der Waals surface area contributed by atoms with Gasteiger partial charge in [-0.25, -0.2) is 0 Å². The third kappa shape index (κ3) is 1.51. The highest BCUT2D eigenvalue weighted by atomic mass is 35.5. The number of rotatable bonds is 1. The van der Waals surface area contributed by atoms with Crippen molar-refractivity contribution < 1.29 is 0 Å². The number of fused-ring (bicyclic) bond motifs is 2. The van der Waals surface area contributed by atoms with Crippen LogP contribution in [0.25, 0.3) is 10.9 Å². The van der Waals surface area contributed by atoms with Crippen molar-refractivity contribution in [3.05, 3.63) is 34.0 Å². The Hall–Kier alpha value is -1.28. The maximum absolute atomic E-state index is 6.27. The third-order valence-electron chi connectivity index (χ3n) is 3.57. The molecule has 1 aromatic carbocycles. The molecule has 0 atom stereocenters. The van der Waals surface area contributed by atoms with E-state index in [1.165, 1.54) is 34.3 Å². The van der Waals surface area contributed by atoms with Crippen LogP contribution in [0.4, 0.5) is 5.69 Å². The summed E-state index contributed by atoms with van der Waals surface area (Å²) < 4.78 is 0. The van der Waals surface area contributed by atoms with Gasteiger partial charge in [0.1, 0.15) is 0 Å². The zero-order valence-electron chi connectivity index (χ0n) is 10.1. The van der Waals surface area contributed by atoms with Crippen molar-refractivity contribution in [3.63, 3.8) is 0 Å². The van der Waals surface area contributed by atoms with Crippen molar-refractivity contribution in [2.45, 2.75) is 26.2 Å². The second-order valence-electron chi connectivity index (χ2n) is 4.60. The molecule has 3 heteroatoms. The molecule has 0 amide bonds. The molecule has 0 saturated heterocycles. The van der Waals surface area contributed by atoms with E-state index in [9.17, 15) is 0 Å². The first-order valence-corrected chi connectivity index (χ1v) is 6.38. The van der Waals surface area contributed by atoms with Gasteiger partial charge in [-0.2, -0.15) is 0 Å². The number of aryl methyl sites for hydroxylation is 2. The highest BCUT2D eigenvalue weighted by molar-refractivity contribution is 6.35. The Morgan fingerprint density at radius 1 is 1.29 bits per heavy atom. The van der Waals surface area contributed by atoms with E-state index in [0.717, 1.165) is 23.4 Å². The van der Waals surface area contributed by atoms with Crippen LogP contribution >= 0.6 is 11.6 Å². The van der Waals surface area contributed by atoms with E-state index < -0.39 is 0 Å². The Morgan fingerprint density at radius 3 is 2.88 bits per heavy atom. The Balaban J connectivity index is 2.49. The van der Waals surface area contributed by atoms with Crippen LogP contribution in [0.5, 0.6) is 0 Å². The lowest BCUT2D eigenvalue weighted by molar-refractivity contribution is 0.901. The first-order valence-electron chi connectivity index (χ1n) is 6.00. The van der Waals surface area contributed by atoms with Crippen molar-refractivity contribution in [3.8, 4) is 0 Å². The highest BCUT2D eigenvalue weighted by Crippen LogP contribution is 2.37. The van der Waals surface area contributed by atoms with E-state index in [1.54, 1.807) is 0 Å². The third-order valence-corrected chi connectivity index (χ3v) is 3.88. The number of aromatic nitrogens is 1. The second kappa shape index (κ2) is 3.88. The SMILES string of the molecule is CNc1c2c(nc3c(Cl)ccc(C)c13)CCC2. The zero-order valence-corrected chi connectivity index (χ0v) is 10.9. The summed E-state index contributed by atoms with van der Waals surface area (Å²) in [6, 6.07) is 4.00. The van der Waals surface area contributed by atoms with Crippen molar-refractivity contribution in [1.29, 1.82) is 0 Å². The first kappa shape index (κ1) is 10.8. The molecule has 0 spiro atoms. The molecular weight excluding hydrogens is 232 g/mol. The average Bonchev–Trinajstić information content (AvgIpc) is 2.79. The number of anilines is 1. The van der Waals surface area contributed by atoms with Gasteiger partial charge in [0.15, 0.2) is 0 Å². The number of hydrogen-bond donors (Lipinski definition) is 1. The van der Waals surface area contributed by atoms with Gasteiger partial charge in [0.2, 0.25) is 0 Å². The Morgan fingerprint density at radius 2 is 2.12 bits per heavy atom. The van der Waals surface area contributed by atoms with Crippen LogP contribution in [0.1, 0.15) is 23.2 Å². The maximum atomic E-state index is 6.27. The number of hydrogen-bond acceptors (Lipinski definition) is 2. The van der Waals surface area contributed by atoms with Crippen molar-refractivity contribution in [2.75, 3.05) is 12.4 Å². The summed E-state index contributed by atoms with van der Waals surface area (Å²) in [5.41, 5.74) is 6.00. The molecule has 0 unspecified atom stereocenters. The quantitative estimate of drug-likeness (QED) is 0.830. The Labute approximate surface area is 106 Å². The van der Waals surface area contributed by atoms with E-state index in [4.69, 9.17) is 16.6 Å². The molecule has 0 saturated carbocycles. The number of nitrogens with zero attached hydrogens (tertiary/aromatic N) is 1. The molecule has 0 fully saturated rings. The molecule has 2 nitrogen and oxygen atoms in total. The van der Waals surface area contributed by atoms with Crippen molar-refractivity contribution >= 4 is 28.2 Å². The van der Waals surface area contributed by atoms with Crippen molar-refractivity contribution in [2.24, 2.45) is 0 Å². The summed E-state index contributed by atoms with van der Waals surface area (Å²) in [7, 11) is 1.98. The number of pyridine rings is 1. The lowest BCUT2D eigenvalue weighted by Crippen LogP contribution is -2.00. The molecule has 1 N–H and O–H groups in total. The molecule has 1 heterocycles. The predicted molar refractivity (Wildman–Crippen MR) is 73.1 cm³/mol. The van der Waals surface area contributed by atoms with E-state index in [2.05, 4.69) is 18.3 Å². The molecule has 17 heavy (non-hydrogen) atoms. The first-order chi connectivity index (χ1) is 8.22. The molecule has 0 aliphatic heterocycles. The summed E-state index contributed by atoms with van der Waals surface area (Å²) in [5.74, 6) is 0. The Bertz CT molecular complexity index is 605. The van der Waals surface area contributed by atoms with Crippen LogP contribution < -0.4 is 5.32 Å². The van der Waals surface area contributed by atoms with E-state index in [1.807, 2.05) is 13.1 Å². The number of nitrogens with one attached hydrogen (secondary N) is 1. The summed E-state index contributed by atoms with van der Waals surface area (Å²) in [6.45, 7) is 2.11. The van der Waals surface area contributed by atoms with Crippen LogP contribution in [-0.2, 0) is 12.8 Å². The molecular formula is C14H15ClN2. The fraction of sp³-hybridized carbons (Fsp3) is 0.357. The average molecular weight is 247 g/mol. The minimum absolute atomic E-state index is 0.747. The fourth-order valence-electron chi connectivity index (χ4n) is 2.77. The van der Waals surface area contributed by atoms with Crippen molar-refractivity contribution in [1.82, 2.24) is 4.98 Å². The van der Waals surface area contributed by atoms with Gasteiger partial charge in [-0.05, 0) is 43.4 Å². The van der Waals surface area contributed by atoms with E-state index >= 15 is 0 Å². The monoisotopic (exact) mass is 246 g/mol. The summed E-state index contributed by atoms with van der Waals surface area (Å²) in [4.78, 5) is 4.75. The summed E-state index contributed by atoms with van der Waals surface area (Å²) >= 11 is 6.27. The highest BCUT2D eigenvalue weighted by Gasteiger charge is 2.20. The topological polar surface area (TPSA) is 24.9 Å². The minimum Gasteiger partial charge on any atom is -0.387 e. The Kier molecular flexibility index (Phi) is 2.48. The standard InChI is InChI=1S/C14H15ClN2/c1-8-6-7-10(15)14-12(8)13(16-2)9-4-3-5-11(9)17-14/h6-7H,3-5H2,1-2H3,(H,16,17). The van der Waals surface area contributed by atoms with Gasteiger partial charge in [0.05, 0.1) is 10.5 Å². The van der Waals surface area contributed by atoms with Gasteiger partial charge in [0.25, 0.3) is 0 Å². The van der Waals surface area contributed by atoms with Gasteiger partial charge < -0.3 is 5.32 Å². The summed E-state index contributed by atoms with van der Waals surface area (Å²) in [6.07, 6.45) is 3.40.